The summed E-state index contributed by atoms with van der Waals surface area (Å²) in [6, 6.07) is 22.0. The Kier molecular flexibility index (Phi) is 4.72. The van der Waals surface area contributed by atoms with Crippen LogP contribution in [0, 0.1) is 0 Å². The molecule has 0 bridgehead atoms. The van der Waals surface area contributed by atoms with Crippen molar-refractivity contribution in [1.82, 2.24) is 5.01 Å². The molecule has 0 radical (unpaired) electrons. The minimum atomic E-state index is -0.377. The molecule has 0 unspecified atom stereocenters. The fourth-order valence-corrected chi connectivity index (χ4v) is 4.50. The SMILES string of the molecule is COc1ccc(C2=NN3[C@H](C2)c2cc(Br)ccc2O[C@H]3c2ccccc2Cl)cc1. The molecule has 29 heavy (non-hydrogen) atoms. The highest BCUT2D eigenvalue weighted by Crippen LogP contribution is 2.49. The molecule has 0 N–H and O–H groups in total. The van der Waals surface area contributed by atoms with Gasteiger partial charge in [-0.2, -0.15) is 5.10 Å². The van der Waals surface area contributed by atoms with Gasteiger partial charge < -0.3 is 9.47 Å². The van der Waals surface area contributed by atoms with Crippen molar-refractivity contribution >= 4 is 33.2 Å². The maximum atomic E-state index is 6.51. The van der Waals surface area contributed by atoms with Crippen molar-refractivity contribution in [1.29, 1.82) is 0 Å². The second-order valence-corrected chi connectivity index (χ2v) is 8.37. The highest BCUT2D eigenvalue weighted by molar-refractivity contribution is 9.10. The molecule has 2 atom stereocenters. The van der Waals surface area contributed by atoms with Crippen molar-refractivity contribution in [3.63, 3.8) is 0 Å². The fraction of sp³-hybridized carbons (Fsp3) is 0.174. The average Bonchev–Trinajstić information content (AvgIpc) is 3.20. The second kappa shape index (κ2) is 7.39. The van der Waals surface area contributed by atoms with Crippen molar-refractivity contribution in [3.05, 3.63) is 92.9 Å². The molecule has 2 aliphatic heterocycles. The zero-order chi connectivity index (χ0) is 20.0. The minimum absolute atomic E-state index is 0.0784. The zero-order valence-corrected chi connectivity index (χ0v) is 18.0. The lowest BCUT2D eigenvalue weighted by Crippen LogP contribution is -2.33. The Labute approximate surface area is 182 Å². The number of benzene rings is 3. The molecule has 2 heterocycles. The van der Waals surface area contributed by atoms with Crippen LogP contribution in [-0.2, 0) is 0 Å². The van der Waals surface area contributed by atoms with E-state index in [1.807, 2.05) is 65.7 Å². The Morgan fingerprint density at radius 2 is 1.86 bits per heavy atom. The largest absolute Gasteiger partial charge is 0.497 e. The molecule has 0 saturated carbocycles. The number of hydrogen-bond acceptors (Lipinski definition) is 4. The first-order valence-electron chi connectivity index (χ1n) is 9.35. The van der Waals surface area contributed by atoms with Gasteiger partial charge in [0.05, 0.1) is 18.9 Å². The predicted octanol–water partition coefficient (Wildman–Crippen LogP) is 6.35. The smallest absolute Gasteiger partial charge is 0.215 e. The number of ether oxygens (including phenoxy) is 2. The number of fused-ring (bicyclic) bond motifs is 3. The number of nitrogens with zero attached hydrogens (tertiary/aromatic N) is 2. The lowest BCUT2D eigenvalue weighted by atomic mass is 9.96. The van der Waals surface area contributed by atoms with Crippen LogP contribution in [0.15, 0.2) is 76.3 Å². The van der Waals surface area contributed by atoms with E-state index in [0.717, 1.165) is 44.8 Å². The Balaban J connectivity index is 1.59. The maximum absolute atomic E-state index is 6.51. The molecule has 0 aliphatic carbocycles. The van der Waals surface area contributed by atoms with Gasteiger partial charge in [-0.05, 0) is 54.1 Å². The first kappa shape index (κ1) is 18.5. The summed E-state index contributed by atoms with van der Waals surface area (Å²) >= 11 is 10.1. The van der Waals surface area contributed by atoms with Crippen molar-refractivity contribution in [2.45, 2.75) is 18.7 Å². The molecule has 0 spiro atoms. The van der Waals surface area contributed by atoms with Crippen LogP contribution in [-0.4, -0.2) is 17.8 Å². The fourth-order valence-electron chi connectivity index (χ4n) is 3.90. The van der Waals surface area contributed by atoms with Gasteiger partial charge in [-0.3, -0.25) is 0 Å². The molecule has 0 saturated heterocycles. The Morgan fingerprint density at radius 1 is 1.07 bits per heavy atom. The topological polar surface area (TPSA) is 34.1 Å². The van der Waals surface area contributed by atoms with Crippen LogP contribution < -0.4 is 9.47 Å². The van der Waals surface area contributed by atoms with E-state index in [9.17, 15) is 0 Å². The van der Waals surface area contributed by atoms with Crippen LogP contribution in [0.5, 0.6) is 11.5 Å². The number of hydrogen-bond donors (Lipinski definition) is 0. The van der Waals surface area contributed by atoms with E-state index in [1.165, 1.54) is 0 Å². The van der Waals surface area contributed by atoms with E-state index >= 15 is 0 Å². The van der Waals surface area contributed by atoms with E-state index < -0.39 is 0 Å². The molecule has 146 valence electrons. The minimum Gasteiger partial charge on any atom is -0.497 e. The predicted molar refractivity (Wildman–Crippen MR) is 118 cm³/mol. The molecule has 5 rings (SSSR count). The lowest BCUT2D eigenvalue weighted by molar-refractivity contribution is -0.0190. The first-order chi connectivity index (χ1) is 14.1. The third kappa shape index (κ3) is 3.28. The molecule has 6 heteroatoms. The van der Waals surface area contributed by atoms with Crippen LogP contribution in [0.25, 0.3) is 0 Å². The van der Waals surface area contributed by atoms with Crippen LogP contribution in [0.1, 0.15) is 35.4 Å². The van der Waals surface area contributed by atoms with Gasteiger partial charge in [0, 0.05) is 27.0 Å². The van der Waals surface area contributed by atoms with Gasteiger partial charge in [-0.1, -0.05) is 45.7 Å². The Hall–Kier alpha value is -2.50. The number of hydrazone groups is 1. The molecule has 2 aliphatic rings. The maximum Gasteiger partial charge on any atom is 0.215 e. The summed E-state index contributed by atoms with van der Waals surface area (Å²) in [5, 5.41) is 7.68. The summed E-state index contributed by atoms with van der Waals surface area (Å²) in [4.78, 5) is 0. The van der Waals surface area contributed by atoms with E-state index in [4.69, 9.17) is 26.2 Å². The molecule has 3 aromatic carbocycles. The van der Waals surface area contributed by atoms with Crippen LogP contribution in [0.2, 0.25) is 5.02 Å². The lowest BCUT2D eigenvalue weighted by Gasteiger charge is -2.38. The standard InChI is InChI=1S/C23H18BrClN2O2/c1-28-16-9-6-14(7-10-16)20-13-21-18-12-15(24)8-11-22(18)29-23(27(21)26-20)17-4-2-3-5-19(17)25/h2-12,21,23H,13H2,1H3/t21-,23+/m1/s1. The number of rotatable bonds is 3. The molecule has 0 fully saturated rings. The third-order valence-electron chi connectivity index (χ3n) is 5.35. The van der Waals surface area contributed by atoms with E-state index in [1.54, 1.807) is 7.11 Å². The summed E-state index contributed by atoms with van der Waals surface area (Å²) in [7, 11) is 1.67. The quantitative estimate of drug-likeness (QED) is 0.448. The van der Waals surface area contributed by atoms with E-state index in [-0.39, 0.29) is 12.3 Å². The highest BCUT2D eigenvalue weighted by Gasteiger charge is 2.41. The summed E-state index contributed by atoms with van der Waals surface area (Å²) in [5.74, 6) is 1.70. The summed E-state index contributed by atoms with van der Waals surface area (Å²) < 4.78 is 12.7. The zero-order valence-electron chi connectivity index (χ0n) is 15.7. The third-order valence-corrected chi connectivity index (χ3v) is 6.18. The molecular formula is C23H18BrClN2O2. The van der Waals surface area contributed by atoms with Gasteiger partial charge in [0.15, 0.2) is 0 Å². The normalized spacial score (nSPS) is 19.8. The van der Waals surface area contributed by atoms with Gasteiger partial charge >= 0.3 is 0 Å². The van der Waals surface area contributed by atoms with Crippen molar-refractivity contribution in [3.8, 4) is 11.5 Å². The van der Waals surface area contributed by atoms with Crippen LogP contribution in [0.3, 0.4) is 0 Å². The Bertz CT molecular complexity index is 1100. The summed E-state index contributed by atoms with van der Waals surface area (Å²) in [5.41, 5.74) is 4.13. The molecular weight excluding hydrogens is 452 g/mol. The van der Waals surface area contributed by atoms with E-state index in [0.29, 0.717) is 5.02 Å². The first-order valence-corrected chi connectivity index (χ1v) is 10.5. The van der Waals surface area contributed by atoms with Crippen molar-refractivity contribution in [2.75, 3.05) is 7.11 Å². The van der Waals surface area contributed by atoms with Gasteiger partial charge in [0.1, 0.15) is 11.5 Å². The van der Waals surface area contributed by atoms with Crippen molar-refractivity contribution in [2.24, 2.45) is 5.10 Å². The van der Waals surface area contributed by atoms with E-state index in [2.05, 4.69) is 22.0 Å². The molecule has 3 aromatic rings. The number of methoxy groups -OCH3 is 1. The van der Waals surface area contributed by atoms with Crippen LogP contribution in [0.4, 0.5) is 0 Å². The molecule has 0 amide bonds. The van der Waals surface area contributed by atoms with Gasteiger partial charge in [0.25, 0.3) is 0 Å². The van der Waals surface area contributed by atoms with Crippen LogP contribution >= 0.6 is 27.5 Å². The second-order valence-electron chi connectivity index (χ2n) is 7.05. The van der Waals surface area contributed by atoms with Gasteiger partial charge in [0.2, 0.25) is 6.23 Å². The monoisotopic (exact) mass is 468 g/mol. The van der Waals surface area contributed by atoms with Crippen molar-refractivity contribution < 1.29 is 9.47 Å². The van der Waals surface area contributed by atoms with Gasteiger partial charge in [-0.25, -0.2) is 5.01 Å². The summed E-state index contributed by atoms with van der Waals surface area (Å²) in [6.45, 7) is 0. The Morgan fingerprint density at radius 3 is 2.62 bits per heavy atom. The van der Waals surface area contributed by atoms with Gasteiger partial charge in [-0.15, -0.1) is 0 Å². The molecule has 0 aromatic heterocycles. The molecule has 4 nitrogen and oxygen atoms in total. The summed E-state index contributed by atoms with van der Waals surface area (Å²) in [6.07, 6.45) is 0.415. The number of halogens is 2. The average molecular weight is 470 g/mol. The highest BCUT2D eigenvalue weighted by atomic mass is 79.9.